The smallest absolute Gasteiger partial charge is 0.222 e. The molecule has 1 aliphatic rings. The molecule has 1 saturated heterocycles. The van der Waals surface area contributed by atoms with Gasteiger partial charge in [-0.2, -0.15) is 0 Å². The fourth-order valence-electron chi connectivity index (χ4n) is 3.86. The van der Waals surface area contributed by atoms with Crippen molar-refractivity contribution in [1.29, 1.82) is 0 Å². The van der Waals surface area contributed by atoms with Crippen molar-refractivity contribution in [2.75, 3.05) is 43.9 Å². The molecular weight excluding hydrogens is 446 g/mol. The van der Waals surface area contributed by atoms with E-state index < -0.39 is 9.84 Å². The number of nitrogens with zero attached hydrogens (tertiary/aromatic N) is 3. The molecule has 0 unspecified atom stereocenters. The van der Waals surface area contributed by atoms with Gasteiger partial charge >= 0.3 is 0 Å². The number of aromatic nitrogens is 1. The van der Waals surface area contributed by atoms with E-state index in [2.05, 4.69) is 11.8 Å². The highest BCUT2D eigenvalue weighted by molar-refractivity contribution is 7.91. The van der Waals surface area contributed by atoms with Crippen LogP contribution >= 0.6 is 11.3 Å². The Hall–Kier alpha value is -2.65. The van der Waals surface area contributed by atoms with Crippen molar-refractivity contribution in [1.82, 2.24) is 9.88 Å². The van der Waals surface area contributed by atoms with E-state index in [1.165, 1.54) is 5.56 Å². The number of carbonyl (C=O) groups excluding carboxylic acids is 1. The van der Waals surface area contributed by atoms with Crippen LogP contribution in [0.15, 0.2) is 47.4 Å². The van der Waals surface area contributed by atoms with Gasteiger partial charge in [0.25, 0.3) is 0 Å². The second kappa shape index (κ2) is 9.46. The predicted molar refractivity (Wildman–Crippen MR) is 127 cm³/mol. The Balaban J connectivity index is 1.31. The number of carbonyl (C=O) groups is 1. The molecule has 0 aliphatic carbocycles. The van der Waals surface area contributed by atoms with Crippen LogP contribution in [-0.4, -0.2) is 63.3 Å². The Kier molecular flexibility index (Phi) is 6.66. The number of ether oxygens (including phenoxy) is 1. The van der Waals surface area contributed by atoms with Gasteiger partial charge in [-0.3, -0.25) is 4.79 Å². The third kappa shape index (κ3) is 4.73. The van der Waals surface area contributed by atoms with Gasteiger partial charge in [0.15, 0.2) is 15.0 Å². The summed E-state index contributed by atoms with van der Waals surface area (Å²) in [5.74, 6) is 0.761. The van der Waals surface area contributed by atoms with Gasteiger partial charge in [-0.15, -0.1) is 0 Å². The molecule has 0 bridgehead atoms. The zero-order chi connectivity index (χ0) is 22.7. The number of thiazole rings is 1. The maximum absolute atomic E-state index is 12.6. The van der Waals surface area contributed by atoms with E-state index in [4.69, 9.17) is 9.72 Å². The molecule has 1 aliphatic heterocycles. The summed E-state index contributed by atoms with van der Waals surface area (Å²) in [7, 11) is -1.70. The van der Waals surface area contributed by atoms with Crippen LogP contribution < -0.4 is 9.64 Å². The van der Waals surface area contributed by atoms with Gasteiger partial charge in [-0.25, -0.2) is 13.4 Å². The van der Waals surface area contributed by atoms with Crippen LogP contribution in [0.25, 0.3) is 10.2 Å². The van der Waals surface area contributed by atoms with E-state index in [0.717, 1.165) is 21.1 Å². The fourth-order valence-corrected chi connectivity index (χ4v) is 6.30. The molecule has 2 aromatic carbocycles. The second-order valence-electron chi connectivity index (χ2n) is 7.86. The summed E-state index contributed by atoms with van der Waals surface area (Å²) in [6, 6.07) is 12.4. The summed E-state index contributed by atoms with van der Waals surface area (Å²) >= 11 is 1.65. The number of methoxy groups -OCH3 is 1. The van der Waals surface area contributed by atoms with E-state index in [-0.39, 0.29) is 18.1 Å². The largest absolute Gasteiger partial charge is 0.494 e. The molecule has 1 aromatic heterocycles. The van der Waals surface area contributed by atoms with Gasteiger partial charge in [-0.1, -0.05) is 35.6 Å². The zero-order valence-electron chi connectivity index (χ0n) is 18.3. The highest BCUT2D eigenvalue weighted by atomic mass is 32.2. The van der Waals surface area contributed by atoms with Gasteiger partial charge < -0.3 is 14.5 Å². The van der Waals surface area contributed by atoms with E-state index >= 15 is 0 Å². The number of piperazine rings is 1. The van der Waals surface area contributed by atoms with E-state index in [1.54, 1.807) is 48.8 Å². The van der Waals surface area contributed by atoms with E-state index in [0.29, 0.717) is 37.5 Å². The molecule has 2 heterocycles. The third-order valence-electron chi connectivity index (χ3n) is 5.72. The van der Waals surface area contributed by atoms with Crippen molar-refractivity contribution >= 4 is 42.4 Å². The number of sulfone groups is 1. The first-order valence-corrected chi connectivity index (χ1v) is 13.1. The van der Waals surface area contributed by atoms with Crippen molar-refractivity contribution in [3.05, 3.63) is 48.0 Å². The number of aryl methyl sites for hydroxylation is 1. The first kappa shape index (κ1) is 22.5. The molecule has 1 amide bonds. The molecule has 0 radical (unpaired) electrons. The van der Waals surface area contributed by atoms with Crippen molar-refractivity contribution < 1.29 is 17.9 Å². The number of anilines is 1. The lowest BCUT2D eigenvalue weighted by atomic mass is 10.2. The van der Waals surface area contributed by atoms with Crippen LogP contribution in [0.1, 0.15) is 18.4 Å². The number of hydrogen-bond acceptors (Lipinski definition) is 7. The number of fused-ring (bicyclic) bond motifs is 1. The maximum atomic E-state index is 12.6. The molecule has 4 rings (SSSR count). The molecule has 7 nitrogen and oxygen atoms in total. The summed E-state index contributed by atoms with van der Waals surface area (Å²) in [6.07, 6.45) is 0.566. The Morgan fingerprint density at radius 2 is 1.81 bits per heavy atom. The lowest BCUT2D eigenvalue weighted by Gasteiger charge is -2.34. The Morgan fingerprint density at radius 1 is 1.09 bits per heavy atom. The minimum atomic E-state index is -3.35. The maximum Gasteiger partial charge on any atom is 0.222 e. The van der Waals surface area contributed by atoms with E-state index in [9.17, 15) is 13.2 Å². The number of benzene rings is 2. The SMILES string of the molecule is COc1ccc(C)c2sc(N3CCN(C(=O)CCCS(=O)(=O)c4ccccc4)CC3)nc12. The van der Waals surface area contributed by atoms with Gasteiger partial charge in [-0.05, 0) is 37.1 Å². The summed E-state index contributed by atoms with van der Waals surface area (Å²) in [5.41, 5.74) is 2.05. The lowest BCUT2D eigenvalue weighted by molar-refractivity contribution is -0.131. The van der Waals surface area contributed by atoms with Gasteiger partial charge in [0.2, 0.25) is 5.91 Å². The summed E-state index contributed by atoms with van der Waals surface area (Å²) in [5, 5.41) is 0.939. The van der Waals surface area contributed by atoms with Crippen molar-refractivity contribution in [2.24, 2.45) is 0 Å². The van der Waals surface area contributed by atoms with Crippen LogP contribution in [0, 0.1) is 6.92 Å². The number of rotatable bonds is 7. The van der Waals surface area contributed by atoms with Crippen molar-refractivity contribution in [2.45, 2.75) is 24.7 Å². The fraction of sp³-hybridized carbons (Fsp3) is 0.391. The molecule has 0 spiro atoms. The topological polar surface area (TPSA) is 79.8 Å². The van der Waals surface area contributed by atoms with Crippen LogP contribution in [0.5, 0.6) is 5.75 Å². The molecule has 3 aromatic rings. The molecule has 1 fully saturated rings. The quantitative estimate of drug-likeness (QED) is 0.522. The van der Waals surface area contributed by atoms with Gasteiger partial charge in [0.05, 0.1) is 22.5 Å². The molecule has 32 heavy (non-hydrogen) atoms. The first-order chi connectivity index (χ1) is 15.4. The normalized spacial score (nSPS) is 14.7. The molecule has 0 atom stereocenters. The average molecular weight is 474 g/mol. The van der Waals surface area contributed by atoms with Crippen LogP contribution in [0.2, 0.25) is 0 Å². The molecule has 170 valence electrons. The van der Waals surface area contributed by atoms with Crippen molar-refractivity contribution in [3.63, 3.8) is 0 Å². The standard InChI is InChI=1S/C23H27N3O4S2/c1-17-10-11-19(30-2)21-22(17)31-23(24-21)26-14-12-25(13-15-26)20(27)9-6-16-32(28,29)18-7-4-3-5-8-18/h3-5,7-8,10-11H,6,9,12-16H2,1-2H3. The highest BCUT2D eigenvalue weighted by Crippen LogP contribution is 2.36. The summed E-state index contributed by atoms with van der Waals surface area (Å²) < 4.78 is 31.3. The molecular formula is C23H27N3O4S2. The summed E-state index contributed by atoms with van der Waals surface area (Å²) in [6.45, 7) is 4.69. The molecule has 9 heteroatoms. The Labute approximate surface area is 192 Å². The Morgan fingerprint density at radius 3 is 2.50 bits per heavy atom. The predicted octanol–water partition coefficient (Wildman–Crippen LogP) is 3.52. The minimum absolute atomic E-state index is 0.00900. The number of amides is 1. The van der Waals surface area contributed by atoms with Gasteiger partial charge in [0.1, 0.15) is 11.3 Å². The molecule has 0 N–H and O–H groups in total. The third-order valence-corrected chi connectivity index (χ3v) is 8.79. The summed E-state index contributed by atoms with van der Waals surface area (Å²) in [4.78, 5) is 21.7. The monoisotopic (exact) mass is 473 g/mol. The van der Waals surface area contributed by atoms with Crippen LogP contribution in [-0.2, 0) is 14.6 Å². The zero-order valence-corrected chi connectivity index (χ0v) is 19.9. The Bertz CT molecular complexity index is 1200. The first-order valence-electron chi connectivity index (χ1n) is 10.6. The highest BCUT2D eigenvalue weighted by Gasteiger charge is 2.24. The van der Waals surface area contributed by atoms with Crippen molar-refractivity contribution in [3.8, 4) is 5.75 Å². The van der Waals surface area contributed by atoms with Gasteiger partial charge in [0, 0.05) is 32.6 Å². The second-order valence-corrected chi connectivity index (χ2v) is 10.9. The molecule has 0 saturated carbocycles. The minimum Gasteiger partial charge on any atom is -0.494 e. The number of hydrogen-bond donors (Lipinski definition) is 0. The van der Waals surface area contributed by atoms with E-state index in [1.807, 2.05) is 17.0 Å². The average Bonchev–Trinajstić information content (AvgIpc) is 3.26. The van der Waals surface area contributed by atoms with Crippen LogP contribution in [0.4, 0.5) is 5.13 Å². The van der Waals surface area contributed by atoms with Crippen LogP contribution in [0.3, 0.4) is 0 Å². The lowest BCUT2D eigenvalue weighted by Crippen LogP contribution is -2.48.